The van der Waals surface area contributed by atoms with Crippen molar-refractivity contribution >= 4 is 23.3 Å². The van der Waals surface area contributed by atoms with E-state index in [1.807, 2.05) is 12.1 Å². The summed E-state index contributed by atoms with van der Waals surface area (Å²) in [6.07, 6.45) is -0.603. The molecule has 0 bridgehead atoms. The van der Waals surface area contributed by atoms with Gasteiger partial charge < -0.3 is 20.5 Å². The van der Waals surface area contributed by atoms with Crippen LogP contribution < -0.4 is 10.6 Å². The molecule has 5 nitrogen and oxygen atoms in total. The quantitative estimate of drug-likeness (QED) is 0.814. The van der Waals surface area contributed by atoms with Crippen molar-refractivity contribution in [2.75, 3.05) is 18.1 Å². The van der Waals surface area contributed by atoms with Crippen LogP contribution in [0.25, 0.3) is 10.4 Å². The number of anilines is 1. The number of hydrogen-bond acceptors (Lipinski definition) is 6. The number of carbonyl (C=O) groups excluding carboxylic acids is 1. The van der Waals surface area contributed by atoms with E-state index < -0.39 is 12.3 Å². The summed E-state index contributed by atoms with van der Waals surface area (Å²) in [7, 11) is 0. The van der Waals surface area contributed by atoms with Crippen molar-refractivity contribution in [1.82, 2.24) is 0 Å². The van der Waals surface area contributed by atoms with Gasteiger partial charge in [-0.25, -0.2) is 4.39 Å². The van der Waals surface area contributed by atoms with Crippen LogP contribution in [0.15, 0.2) is 30.3 Å². The maximum Gasteiger partial charge on any atom is 0.187 e. The molecule has 0 amide bonds. The van der Waals surface area contributed by atoms with E-state index in [2.05, 4.69) is 0 Å². The third-order valence-electron chi connectivity index (χ3n) is 3.77. The maximum absolute atomic E-state index is 14.5. The lowest BCUT2D eigenvalue weighted by atomic mass is 10.1. The SMILES string of the molecule is NCc1ccc(-c2ccc(N3C[C@H](CO)OC3C=O)cc2F)s1. The molecule has 122 valence electrons. The van der Waals surface area contributed by atoms with Gasteiger partial charge in [0.25, 0.3) is 0 Å². The van der Waals surface area contributed by atoms with Gasteiger partial charge in [0.1, 0.15) is 11.9 Å². The number of aldehydes is 1. The first-order chi connectivity index (χ1) is 11.2. The van der Waals surface area contributed by atoms with Crippen LogP contribution in [0.5, 0.6) is 0 Å². The second-order valence-corrected chi connectivity index (χ2v) is 6.42. The van der Waals surface area contributed by atoms with Gasteiger partial charge in [0, 0.05) is 34.1 Å². The molecule has 0 radical (unpaired) electrons. The van der Waals surface area contributed by atoms with E-state index in [4.69, 9.17) is 15.6 Å². The average molecular weight is 336 g/mol. The lowest BCUT2D eigenvalue weighted by Crippen LogP contribution is -2.31. The molecule has 3 N–H and O–H groups in total. The zero-order chi connectivity index (χ0) is 16.4. The summed E-state index contributed by atoms with van der Waals surface area (Å²) < 4.78 is 19.9. The van der Waals surface area contributed by atoms with Crippen LogP contribution in [0.3, 0.4) is 0 Å². The van der Waals surface area contributed by atoms with Crippen LogP contribution >= 0.6 is 11.3 Å². The number of rotatable bonds is 5. The largest absolute Gasteiger partial charge is 0.394 e. The molecule has 0 spiro atoms. The number of aliphatic hydroxyl groups excluding tert-OH is 1. The molecular weight excluding hydrogens is 319 g/mol. The van der Waals surface area contributed by atoms with Gasteiger partial charge in [0.15, 0.2) is 12.5 Å². The van der Waals surface area contributed by atoms with Crippen molar-refractivity contribution < 1.29 is 19.0 Å². The third-order valence-corrected chi connectivity index (χ3v) is 4.91. The van der Waals surface area contributed by atoms with E-state index in [0.717, 1.165) is 9.75 Å². The molecule has 0 aliphatic carbocycles. The number of nitrogens with two attached hydrogens (primary N) is 1. The highest BCUT2D eigenvalue weighted by atomic mass is 32.1. The summed E-state index contributed by atoms with van der Waals surface area (Å²) in [6.45, 7) is 0.590. The van der Waals surface area contributed by atoms with E-state index in [1.165, 1.54) is 17.4 Å². The summed E-state index contributed by atoms with van der Waals surface area (Å²) in [5.74, 6) is -0.370. The molecule has 1 fully saturated rings. The van der Waals surface area contributed by atoms with E-state index in [1.54, 1.807) is 17.0 Å². The normalized spacial score (nSPS) is 20.9. The van der Waals surface area contributed by atoms with Gasteiger partial charge in [0.2, 0.25) is 0 Å². The zero-order valence-corrected chi connectivity index (χ0v) is 13.1. The Kier molecular flexibility index (Phi) is 4.72. The first kappa shape index (κ1) is 16.1. The monoisotopic (exact) mass is 336 g/mol. The van der Waals surface area contributed by atoms with Crippen LogP contribution in [0, 0.1) is 5.82 Å². The molecule has 0 saturated carbocycles. The first-order valence-electron chi connectivity index (χ1n) is 7.23. The Morgan fingerprint density at radius 1 is 1.43 bits per heavy atom. The summed E-state index contributed by atoms with van der Waals surface area (Å²) >= 11 is 1.45. The summed E-state index contributed by atoms with van der Waals surface area (Å²) in [5.41, 5.74) is 6.64. The Bertz CT molecular complexity index is 706. The summed E-state index contributed by atoms with van der Waals surface area (Å²) in [5, 5.41) is 9.17. The van der Waals surface area contributed by atoms with Crippen molar-refractivity contribution in [3.8, 4) is 10.4 Å². The Balaban J connectivity index is 1.88. The fourth-order valence-corrected chi connectivity index (χ4v) is 3.52. The fraction of sp³-hybridized carbons (Fsp3) is 0.312. The van der Waals surface area contributed by atoms with Crippen molar-refractivity contribution in [3.05, 3.63) is 41.0 Å². The van der Waals surface area contributed by atoms with Gasteiger partial charge >= 0.3 is 0 Å². The molecule has 1 aromatic heterocycles. The van der Waals surface area contributed by atoms with Gasteiger partial charge in [-0.1, -0.05) is 0 Å². The second-order valence-electron chi connectivity index (χ2n) is 5.25. The van der Waals surface area contributed by atoms with E-state index in [0.29, 0.717) is 30.6 Å². The first-order valence-corrected chi connectivity index (χ1v) is 8.05. The van der Waals surface area contributed by atoms with Crippen LogP contribution in [-0.2, 0) is 16.1 Å². The predicted molar refractivity (Wildman–Crippen MR) is 86.8 cm³/mol. The summed E-state index contributed by atoms with van der Waals surface area (Å²) in [6, 6.07) is 8.55. The van der Waals surface area contributed by atoms with E-state index >= 15 is 0 Å². The number of ether oxygens (including phenoxy) is 1. The van der Waals surface area contributed by atoms with Crippen LogP contribution in [0.4, 0.5) is 10.1 Å². The van der Waals surface area contributed by atoms with Crippen molar-refractivity contribution in [2.45, 2.75) is 18.9 Å². The molecule has 1 unspecified atom stereocenters. The molecular formula is C16H17FN2O3S. The van der Waals surface area contributed by atoms with E-state index in [9.17, 15) is 9.18 Å². The molecule has 1 aliphatic rings. The second kappa shape index (κ2) is 6.76. The Morgan fingerprint density at radius 3 is 2.87 bits per heavy atom. The minimum absolute atomic E-state index is 0.182. The highest BCUT2D eigenvalue weighted by Crippen LogP contribution is 2.33. The predicted octanol–water partition coefficient (Wildman–Crippen LogP) is 1.74. The number of aliphatic hydroxyl groups is 1. The topological polar surface area (TPSA) is 75.8 Å². The van der Waals surface area contributed by atoms with Gasteiger partial charge in [-0.15, -0.1) is 11.3 Å². The minimum Gasteiger partial charge on any atom is -0.394 e. The fourth-order valence-electron chi connectivity index (χ4n) is 2.61. The Morgan fingerprint density at radius 2 is 2.26 bits per heavy atom. The molecule has 1 aromatic carbocycles. The Hall–Kier alpha value is -1.80. The number of thiophene rings is 1. The maximum atomic E-state index is 14.5. The molecule has 2 aromatic rings. The number of halogens is 1. The molecule has 23 heavy (non-hydrogen) atoms. The molecule has 1 aliphatic heterocycles. The number of hydrogen-bond donors (Lipinski definition) is 2. The highest BCUT2D eigenvalue weighted by Gasteiger charge is 2.32. The average Bonchev–Trinajstić information content (AvgIpc) is 3.21. The van der Waals surface area contributed by atoms with Crippen LogP contribution in [-0.4, -0.2) is 36.9 Å². The Labute approximate surface area is 137 Å². The van der Waals surface area contributed by atoms with E-state index in [-0.39, 0.29) is 12.4 Å². The molecule has 2 atom stereocenters. The van der Waals surface area contributed by atoms with Crippen molar-refractivity contribution in [1.29, 1.82) is 0 Å². The highest BCUT2D eigenvalue weighted by molar-refractivity contribution is 7.15. The molecule has 3 rings (SSSR count). The number of carbonyl (C=O) groups is 1. The third kappa shape index (κ3) is 3.13. The minimum atomic E-state index is -0.803. The van der Waals surface area contributed by atoms with Crippen molar-refractivity contribution in [2.24, 2.45) is 5.73 Å². The van der Waals surface area contributed by atoms with Crippen LogP contribution in [0.1, 0.15) is 4.88 Å². The molecule has 1 saturated heterocycles. The van der Waals surface area contributed by atoms with Crippen LogP contribution in [0.2, 0.25) is 0 Å². The standard InChI is InChI=1S/C16H17FN2O3S/c17-14-5-10(19-7-11(8-20)22-16(19)9-21)1-3-13(14)15-4-2-12(6-18)23-15/h1-5,9,11,16,20H,6-8,18H2/t11-,16?/m1/s1. The molecule has 7 heteroatoms. The number of benzene rings is 1. The van der Waals surface area contributed by atoms with Gasteiger partial charge in [0.05, 0.1) is 6.61 Å². The van der Waals surface area contributed by atoms with Gasteiger partial charge in [-0.2, -0.15) is 0 Å². The zero-order valence-electron chi connectivity index (χ0n) is 12.3. The summed E-state index contributed by atoms with van der Waals surface area (Å²) in [4.78, 5) is 14.6. The van der Waals surface area contributed by atoms with Crippen molar-refractivity contribution in [3.63, 3.8) is 0 Å². The lowest BCUT2D eigenvalue weighted by molar-refractivity contribution is -0.117. The number of nitrogens with zero attached hydrogens (tertiary/aromatic N) is 1. The molecule has 2 heterocycles. The van der Waals surface area contributed by atoms with Gasteiger partial charge in [-0.3, -0.25) is 4.79 Å². The van der Waals surface area contributed by atoms with Gasteiger partial charge in [-0.05, 0) is 30.3 Å². The lowest BCUT2D eigenvalue weighted by Gasteiger charge is -2.21. The smallest absolute Gasteiger partial charge is 0.187 e.